The molecule has 0 unspecified atom stereocenters. The van der Waals surface area contributed by atoms with Gasteiger partial charge in [0.05, 0.1) is 12.9 Å². The fourth-order valence-corrected chi connectivity index (χ4v) is 2.68. The van der Waals surface area contributed by atoms with Crippen LogP contribution in [0, 0.1) is 0 Å². The number of amides is 2. The minimum Gasteiger partial charge on any atom is -0.493 e. The van der Waals surface area contributed by atoms with Gasteiger partial charge in [0, 0.05) is 18.1 Å². The van der Waals surface area contributed by atoms with E-state index in [0.717, 1.165) is 5.56 Å². The average molecular weight is 387 g/mol. The SMILES string of the molecule is CCS(=O)(=O)Oc1cc(CN(C(=O)NC(C)(C)C)C(C)C)ccc1OC. The van der Waals surface area contributed by atoms with Gasteiger partial charge in [-0.1, -0.05) is 6.07 Å². The molecule has 0 saturated carbocycles. The fraction of sp³-hybridized carbons (Fsp3) is 0.611. The normalized spacial score (nSPS) is 12.0. The second-order valence-electron chi connectivity index (χ2n) is 7.32. The van der Waals surface area contributed by atoms with Gasteiger partial charge in [0.15, 0.2) is 11.5 Å². The number of nitrogens with one attached hydrogen (secondary N) is 1. The van der Waals surface area contributed by atoms with Crippen molar-refractivity contribution in [2.75, 3.05) is 12.9 Å². The molecule has 1 rings (SSSR count). The van der Waals surface area contributed by atoms with Gasteiger partial charge in [0.2, 0.25) is 0 Å². The summed E-state index contributed by atoms with van der Waals surface area (Å²) >= 11 is 0. The highest BCUT2D eigenvalue weighted by Gasteiger charge is 2.23. The van der Waals surface area contributed by atoms with Crippen LogP contribution in [0.4, 0.5) is 4.79 Å². The molecule has 1 N–H and O–H groups in total. The number of hydrogen-bond donors (Lipinski definition) is 1. The Bertz CT molecular complexity index is 724. The predicted octanol–water partition coefficient (Wildman–Crippen LogP) is 3.14. The fourth-order valence-electron chi connectivity index (χ4n) is 2.16. The van der Waals surface area contributed by atoms with Crippen molar-refractivity contribution in [3.8, 4) is 11.5 Å². The van der Waals surface area contributed by atoms with Gasteiger partial charge in [0.1, 0.15) is 0 Å². The maximum absolute atomic E-state index is 12.6. The Hall–Kier alpha value is -1.96. The average Bonchev–Trinajstić information content (AvgIpc) is 2.50. The zero-order valence-electron chi connectivity index (χ0n) is 16.6. The van der Waals surface area contributed by atoms with E-state index in [1.54, 1.807) is 23.1 Å². The highest BCUT2D eigenvalue weighted by molar-refractivity contribution is 7.87. The first-order valence-corrected chi connectivity index (χ1v) is 10.1. The number of rotatable bonds is 7. The van der Waals surface area contributed by atoms with E-state index in [-0.39, 0.29) is 29.1 Å². The van der Waals surface area contributed by atoms with Crippen LogP contribution in [0.3, 0.4) is 0 Å². The van der Waals surface area contributed by atoms with Crippen LogP contribution in [0.5, 0.6) is 11.5 Å². The van der Waals surface area contributed by atoms with Crippen LogP contribution in [-0.2, 0) is 16.7 Å². The third-order valence-corrected chi connectivity index (χ3v) is 4.66. The second-order valence-corrected chi connectivity index (χ2v) is 9.18. The molecule has 0 fully saturated rings. The molecule has 26 heavy (non-hydrogen) atoms. The highest BCUT2D eigenvalue weighted by atomic mass is 32.2. The first-order chi connectivity index (χ1) is 11.9. The van der Waals surface area contributed by atoms with Crippen molar-refractivity contribution in [2.45, 2.75) is 59.7 Å². The minimum atomic E-state index is -3.68. The van der Waals surface area contributed by atoms with E-state index in [4.69, 9.17) is 8.92 Å². The third kappa shape index (κ3) is 6.74. The van der Waals surface area contributed by atoms with Crippen LogP contribution in [0.2, 0.25) is 0 Å². The van der Waals surface area contributed by atoms with Gasteiger partial charge in [0.25, 0.3) is 0 Å². The van der Waals surface area contributed by atoms with E-state index < -0.39 is 10.1 Å². The van der Waals surface area contributed by atoms with E-state index in [1.807, 2.05) is 34.6 Å². The molecule has 2 amide bonds. The maximum atomic E-state index is 12.6. The first-order valence-electron chi connectivity index (χ1n) is 8.56. The molecule has 1 aromatic carbocycles. The summed E-state index contributed by atoms with van der Waals surface area (Å²) in [6.07, 6.45) is 0. The molecule has 0 aliphatic rings. The van der Waals surface area contributed by atoms with E-state index in [2.05, 4.69) is 5.32 Å². The van der Waals surface area contributed by atoms with Crippen molar-refractivity contribution < 1.29 is 22.1 Å². The number of benzene rings is 1. The standard InChI is InChI=1S/C18H30N2O5S/c1-8-26(22,23)25-16-11-14(9-10-15(16)24-7)12-20(13(2)3)17(21)19-18(4,5)6/h9-11,13H,8,12H2,1-7H3,(H,19,21). The molecular formula is C18H30N2O5S. The number of nitrogens with zero attached hydrogens (tertiary/aromatic N) is 1. The Morgan fingerprint density at radius 2 is 1.85 bits per heavy atom. The molecule has 0 heterocycles. The number of carbonyl (C=O) groups excluding carboxylic acids is 1. The van der Waals surface area contributed by atoms with Gasteiger partial charge < -0.3 is 19.1 Å². The summed E-state index contributed by atoms with van der Waals surface area (Å²) in [5.41, 5.74) is 0.387. The van der Waals surface area contributed by atoms with Gasteiger partial charge in [-0.25, -0.2) is 4.79 Å². The number of ether oxygens (including phenoxy) is 1. The van der Waals surface area contributed by atoms with Crippen molar-refractivity contribution in [3.05, 3.63) is 23.8 Å². The van der Waals surface area contributed by atoms with E-state index in [1.165, 1.54) is 14.0 Å². The predicted molar refractivity (Wildman–Crippen MR) is 102 cm³/mol. The van der Waals surface area contributed by atoms with Gasteiger partial charge in [-0.15, -0.1) is 0 Å². The van der Waals surface area contributed by atoms with Crippen molar-refractivity contribution >= 4 is 16.1 Å². The van der Waals surface area contributed by atoms with Crippen LogP contribution in [0.25, 0.3) is 0 Å². The highest BCUT2D eigenvalue weighted by Crippen LogP contribution is 2.30. The molecule has 8 heteroatoms. The smallest absolute Gasteiger partial charge is 0.318 e. The molecular weight excluding hydrogens is 356 g/mol. The Morgan fingerprint density at radius 1 is 1.23 bits per heavy atom. The molecule has 0 aliphatic carbocycles. The maximum Gasteiger partial charge on any atom is 0.318 e. The van der Waals surface area contributed by atoms with Gasteiger partial charge in [-0.3, -0.25) is 0 Å². The molecule has 0 saturated heterocycles. The summed E-state index contributed by atoms with van der Waals surface area (Å²) in [5.74, 6) is 0.291. The van der Waals surface area contributed by atoms with Crippen LogP contribution < -0.4 is 14.2 Å². The van der Waals surface area contributed by atoms with Gasteiger partial charge >= 0.3 is 16.1 Å². The lowest BCUT2D eigenvalue weighted by Gasteiger charge is -2.31. The molecule has 7 nitrogen and oxygen atoms in total. The molecule has 0 atom stereocenters. The van der Waals surface area contributed by atoms with E-state index >= 15 is 0 Å². The quantitative estimate of drug-likeness (QED) is 0.728. The number of carbonyl (C=O) groups is 1. The lowest BCUT2D eigenvalue weighted by Crippen LogP contribution is -2.50. The molecule has 0 aliphatic heterocycles. The summed E-state index contributed by atoms with van der Waals surface area (Å²) < 4.78 is 33.9. The topological polar surface area (TPSA) is 84.9 Å². The van der Waals surface area contributed by atoms with Crippen molar-refractivity contribution in [2.24, 2.45) is 0 Å². The summed E-state index contributed by atoms with van der Waals surface area (Å²) in [7, 11) is -2.24. The third-order valence-electron chi connectivity index (χ3n) is 3.52. The summed E-state index contributed by atoms with van der Waals surface area (Å²) in [4.78, 5) is 14.2. The van der Waals surface area contributed by atoms with Crippen LogP contribution in [0.15, 0.2) is 18.2 Å². The van der Waals surface area contributed by atoms with Gasteiger partial charge in [-0.2, -0.15) is 8.42 Å². The van der Waals surface area contributed by atoms with E-state index in [0.29, 0.717) is 12.3 Å². The second kappa shape index (κ2) is 8.62. The molecule has 1 aromatic rings. The summed E-state index contributed by atoms with van der Waals surface area (Å²) in [6.45, 7) is 11.4. The van der Waals surface area contributed by atoms with E-state index in [9.17, 15) is 13.2 Å². The van der Waals surface area contributed by atoms with Gasteiger partial charge in [-0.05, 0) is 59.2 Å². The lowest BCUT2D eigenvalue weighted by atomic mass is 10.1. The van der Waals surface area contributed by atoms with Crippen LogP contribution in [-0.4, -0.2) is 43.8 Å². The minimum absolute atomic E-state index is 0.0387. The van der Waals surface area contributed by atoms with Crippen molar-refractivity contribution in [3.63, 3.8) is 0 Å². The molecule has 0 spiro atoms. The Labute approximate surface area is 156 Å². The zero-order chi connectivity index (χ0) is 20.1. The Balaban J connectivity index is 3.11. The van der Waals surface area contributed by atoms with Crippen molar-refractivity contribution in [1.82, 2.24) is 10.2 Å². The van der Waals surface area contributed by atoms with Crippen LogP contribution >= 0.6 is 0 Å². The van der Waals surface area contributed by atoms with Crippen LogP contribution in [0.1, 0.15) is 47.1 Å². The number of methoxy groups -OCH3 is 1. The summed E-state index contributed by atoms with van der Waals surface area (Å²) in [6, 6.07) is 4.78. The van der Waals surface area contributed by atoms with Crippen molar-refractivity contribution in [1.29, 1.82) is 0 Å². The Morgan fingerprint density at radius 3 is 2.31 bits per heavy atom. The number of urea groups is 1. The molecule has 0 bridgehead atoms. The summed E-state index contributed by atoms with van der Waals surface area (Å²) in [5, 5.41) is 2.94. The Kier molecular flexibility index (Phi) is 7.32. The molecule has 148 valence electrons. The number of hydrogen-bond acceptors (Lipinski definition) is 5. The lowest BCUT2D eigenvalue weighted by molar-refractivity contribution is 0.171. The monoisotopic (exact) mass is 386 g/mol. The molecule has 0 aromatic heterocycles. The molecule has 0 radical (unpaired) electrons. The first kappa shape index (κ1) is 22.1. The zero-order valence-corrected chi connectivity index (χ0v) is 17.4. The largest absolute Gasteiger partial charge is 0.493 e.